The highest BCUT2D eigenvalue weighted by atomic mass is 35.5. The minimum absolute atomic E-state index is 0.0756. The van der Waals surface area contributed by atoms with Crippen LogP contribution in [0.1, 0.15) is 16.8 Å². The molecule has 0 spiro atoms. The average Bonchev–Trinajstić information content (AvgIpc) is 2.67. The fourth-order valence-corrected chi connectivity index (χ4v) is 3.06. The monoisotopic (exact) mass is 373 g/mol. The number of aromatic nitrogens is 1. The second-order valence-electron chi connectivity index (χ2n) is 6.00. The van der Waals surface area contributed by atoms with Crippen LogP contribution in [0.3, 0.4) is 0 Å². The van der Waals surface area contributed by atoms with Gasteiger partial charge in [-0.1, -0.05) is 23.7 Å². The second kappa shape index (κ2) is 8.19. The molecule has 3 rings (SSSR count). The number of carbonyl (C=O) groups is 2. The van der Waals surface area contributed by atoms with Crippen molar-refractivity contribution in [1.82, 2.24) is 14.8 Å². The van der Waals surface area contributed by atoms with Crippen LogP contribution in [0, 0.1) is 0 Å². The topological polar surface area (TPSA) is 62.7 Å². The number of rotatable bonds is 4. The molecule has 1 aromatic heterocycles. The maximum atomic E-state index is 12.7. The van der Waals surface area contributed by atoms with Gasteiger partial charge in [-0.25, -0.2) is 4.79 Å². The highest BCUT2D eigenvalue weighted by Gasteiger charge is 2.25. The molecule has 2 heterocycles. The van der Waals surface area contributed by atoms with Crippen LogP contribution >= 0.6 is 11.6 Å². The Hall–Kier alpha value is -2.60. The lowest BCUT2D eigenvalue weighted by Crippen LogP contribution is -2.50. The third-order valence-electron chi connectivity index (χ3n) is 4.31. The number of benzene rings is 1. The predicted octanol–water partition coefficient (Wildman–Crippen LogP) is 3.36. The molecule has 2 amide bonds. The maximum Gasteiger partial charge on any atom is 0.409 e. The van der Waals surface area contributed by atoms with Gasteiger partial charge in [0, 0.05) is 43.3 Å². The molecule has 0 radical (unpaired) electrons. The van der Waals surface area contributed by atoms with Gasteiger partial charge in [-0.2, -0.15) is 0 Å². The Labute approximate surface area is 157 Å². The molecule has 6 nitrogen and oxygen atoms in total. The summed E-state index contributed by atoms with van der Waals surface area (Å²) in [6.07, 6.45) is 3.61. The molecule has 0 unspecified atom stereocenters. The number of pyridine rings is 1. The van der Waals surface area contributed by atoms with E-state index in [1.807, 2.05) is 6.07 Å². The van der Waals surface area contributed by atoms with Gasteiger partial charge >= 0.3 is 6.09 Å². The number of hydrogen-bond acceptors (Lipinski definition) is 4. The van der Waals surface area contributed by atoms with E-state index in [1.54, 1.807) is 40.3 Å². The lowest BCUT2D eigenvalue weighted by Gasteiger charge is -2.34. The minimum atomic E-state index is -0.344. The molecule has 0 saturated carbocycles. The van der Waals surface area contributed by atoms with E-state index in [4.69, 9.17) is 16.3 Å². The lowest BCUT2D eigenvalue weighted by molar-refractivity contribution is 0.0564. The van der Waals surface area contributed by atoms with Crippen LogP contribution in [0.4, 0.5) is 4.79 Å². The number of halogens is 1. The van der Waals surface area contributed by atoms with E-state index in [0.29, 0.717) is 55.3 Å². The number of nitrogens with zero attached hydrogens (tertiary/aromatic N) is 3. The van der Waals surface area contributed by atoms with Crippen LogP contribution in [0.25, 0.3) is 10.9 Å². The summed E-state index contributed by atoms with van der Waals surface area (Å²) >= 11 is 6.14. The van der Waals surface area contributed by atoms with Gasteiger partial charge in [0.05, 0.1) is 17.1 Å². The van der Waals surface area contributed by atoms with Crippen LogP contribution < -0.4 is 0 Å². The van der Waals surface area contributed by atoms with Gasteiger partial charge in [-0.05, 0) is 24.6 Å². The summed E-state index contributed by atoms with van der Waals surface area (Å²) < 4.78 is 5.15. The van der Waals surface area contributed by atoms with Crippen LogP contribution in [-0.2, 0) is 4.74 Å². The Morgan fingerprint density at radius 1 is 1.19 bits per heavy atom. The number of fused-ring (bicyclic) bond motifs is 1. The van der Waals surface area contributed by atoms with E-state index >= 15 is 0 Å². The molecular weight excluding hydrogens is 354 g/mol. The fraction of sp³-hybridized carbons (Fsp3) is 0.316. The van der Waals surface area contributed by atoms with E-state index < -0.39 is 0 Å². The van der Waals surface area contributed by atoms with Gasteiger partial charge in [0.2, 0.25) is 0 Å². The van der Waals surface area contributed by atoms with Gasteiger partial charge in [-0.15, -0.1) is 6.58 Å². The van der Waals surface area contributed by atoms with Crippen molar-refractivity contribution >= 4 is 34.5 Å². The Balaban J connectivity index is 1.62. The summed E-state index contributed by atoms with van der Waals surface area (Å²) in [7, 11) is 0. The van der Waals surface area contributed by atoms with Gasteiger partial charge in [0.15, 0.2) is 0 Å². The number of carbonyl (C=O) groups excluding carboxylic acids is 2. The first-order chi connectivity index (χ1) is 12.6. The molecule has 0 atom stereocenters. The molecule has 136 valence electrons. The van der Waals surface area contributed by atoms with E-state index in [0.717, 1.165) is 5.39 Å². The van der Waals surface area contributed by atoms with Crippen LogP contribution in [0.2, 0.25) is 5.02 Å². The zero-order valence-electron chi connectivity index (χ0n) is 14.4. The largest absolute Gasteiger partial charge is 0.449 e. The molecule has 1 fully saturated rings. The highest BCUT2D eigenvalue weighted by Crippen LogP contribution is 2.23. The molecule has 2 aromatic rings. The Bertz CT molecular complexity index is 832. The highest BCUT2D eigenvalue weighted by molar-refractivity contribution is 6.35. The number of amides is 2. The fourth-order valence-electron chi connectivity index (χ4n) is 2.84. The summed E-state index contributed by atoms with van der Waals surface area (Å²) in [5.74, 6) is -0.0756. The SMILES string of the molecule is C=CCCOC(=O)N1CCN(C(=O)c2ccc3c(Cl)ccnc3c2)CC1. The molecular formula is C19H20ClN3O3. The number of hydrogen-bond donors (Lipinski definition) is 0. The normalized spacial score (nSPS) is 14.3. The summed E-state index contributed by atoms with van der Waals surface area (Å²) in [4.78, 5) is 32.3. The van der Waals surface area contributed by atoms with Gasteiger partial charge in [-0.3, -0.25) is 9.78 Å². The van der Waals surface area contributed by atoms with E-state index in [1.165, 1.54) is 0 Å². The summed E-state index contributed by atoms with van der Waals surface area (Å²) in [6, 6.07) is 7.04. The molecule has 0 bridgehead atoms. The molecule has 7 heteroatoms. The van der Waals surface area contributed by atoms with Crippen molar-refractivity contribution in [3.8, 4) is 0 Å². The molecule has 1 saturated heterocycles. The molecule has 1 aliphatic heterocycles. The molecule has 1 aliphatic rings. The van der Waals surface area contributed by atoms with Crippen molar-refractivity contribution in [3.63, 3.8) is 0 Å². The first-order valence-corrected chi connectivity index (χ1v) is 8.84. The Kier molecular flexibility index (Phi) is 5.73. The Morgan fingerprint density at radius 3 is 2.65 bits per heavy atom. The van der Waals surface area contributed by atoms with Crippen molar-refractivity contribution < 1.29 is 14.3 Å². The second-order valence-corrected chi connectivity index (χ2v) is 6.40. The predicted molar refractivity (Wildman–Crippen MR) is 100 cm³/mol. The quantitative estimate of drug-likeness (QED) is 0.609. The standard InChI is InChI=1S/C19H20ClN3O3/c1-2-3-12-26-19(25)23-10-8-22(9-11-23)18(24)14-4-5-15-16(20)6-7-21-17(15)13-14/h2,4-7,13H,1,3,8-12H2. The third-order valence-corrected chi connectivity index (χ3v) is 4.64. The third kappa shape index (κ3) is 3.96. The zero-order chi connectivity index (χ0) is 18.5. The molecule has 1 aromatic carbocycles. The van der Waals surface area contributed by atoms with Crippen molar-refractivity contribution in [2.45, 2.75) is 6.42 Å². The Morgan fingerprint density at radius 2 is 1.92 bits per heavy atom. The van der Waals surface area contributed by atoms with Crippen molar-refractivity contribution in [3.05, 3.63) is 53.7 Å². The van der Waals surface area contributed by atoms with Crippen LogP contribution in [-0.4, -0.2) is 59.6 Å². The van der Waals surface area contributed by atoms with Gasteiger partial charge in [0.1, 0.15) is 0 Å². The van der Waals surface area contributed by atoms with E-state index in [2.05, 4.69) is 11.6 Å². The maximum absolute atomic E-state index is 12.7. The lowest BCUT2D eigenvalue weighted by atomic mass is 10.1. The smallest absolute Gasteiger partial charge is 0.409 e. The van der Waals surface area contributed by atoms with Crippen LogP contribution in [0.15, 0.2) is 43.1 Å². The zero-order valence-corrected chi connectivity index (χ0v) is 15.1. The van der Waals surface area contributed by atoms with Crippen LogP contribution in [0.5, 0.6) is 0 Å². The molecule has 0 aliphatic carbocycles. The number of ether oxygens (including phenoxy) is 1. The molecule has 0 N–H and O–H groups in total. The van der Waals surface area contributed by atoms with Gasteiger partial charge < -0.3 is 14.5 Å². The van der Waals surface area contributed by atoms with E-state index in [-0.39, 0.29) is 12.0 Å². The van der Waals surface area contributed by atoms with E-state index in [9.17, 15) is 9.59 Å². The first-order valence-electron chi connectivity index (χ1n) is 8.46. The summed E-state index contributed by atoms with van der Waals surface area (Å²) in [6.45, 7) is 5.77. The van der Waals surface area contributed by atoms with Crippen molar-refractivity contribution in [2.75, 3.05) is 32.8 Å². The van der Waals surface area contributed by atoms with Crippen molar-refractivity contribution in [2.24, 2.45) is 0 Å². The summed E-state index contributed by atoms with van der Waals surface area (Å²) in [5, 5.41) is 1.43. The minimum Gasteiger partial charge on any atom is -0.449 e. The molecule has 26 heavy (non-hydrogen) atoms. The first kappa shape index (κ1) is 18.2. The average molecular weight is 374 g/mol. The van der Waals surface area contributed by atoms with Crippen molar-refractivity contribution in [1.29, 1.82) is 0 Å². The summed E-state index contributed by atoms with van der Waals surface area (Å²) in [5.41, 5.74) is 1.25. The van der Waals surface area contributed by atoms with Gasteiger partial charge in [0.25, 0.3) is 5.91 Å². The number of piperazine rings is 1.